The summed E-state index contributed by atoms with van der Waals surface area (Å²) in [4.78, 5) is 33.9. The second-order valence-corrected chi connectivity index (χ2v) is 9.14. The first-order valence-corrected chi connectivity index (χ1v) is 12.2. The number of aromatic nitrogens is 4. The van der Waals surface area contributed by atoms with Crippen LogP contribution < -0.4 is 20.3 Å². The van der Waals surface area contributed by atoms with Crippen LogP contribution in [0.5, 0.6) is 5.75 Å². The van der Waals surface area contributed by atoms with Crippen LogP contribution in [0.25, 0.3) is 22.2 Å². The molecule has 6 rings (SSSR count). The molecule has 1 aromatic carbocycles. The van der Waals surface area contributed by atoms with Gasteiger partial charge in [0, 0.05) is 62.3 Å². The quantitative estimate of drug-likeness (QED) is 0.396. The number of nitrogens with one attached hydrogen (secondary N) is 3. The highest BCUT2D eigenvalue weighted by Crippen LogP contribution is 2.32. The highest BCUT2D eigenvalue weighted by molar-refractivity contribution is 5.99. The Morgan fingerprint density at radius 3 is 2.78 bits per heavy atom. The van der Waals surface area contributed by atoms with Crippen molar-refractivity contribution < 1.29 is 9.53 Å². The van der Waals surface area contributed by atoms with Crippen molar-refractivity contribution in [2.45, 2.75) is 6.54 Å². The number of rotatable bonds is 5. The number of likely N-dealkylation sites (N-methyl/N-ethyl adjacent to an activating group) is 1. The summed E-state index contributed by atoms with van der Waals surface area (Å²) in [5.41, 5.74) is 4.24. The van der Waals surface area contributed by atoms with E-state index in [4.69, 9.17) is 4.74 Å². The number of ether oxygens (including phenoxy) is 1. The summed E-state index contributed by atoms with van der Waals surface area (Å²) in [5.74, 6) is 2.03. The first-order valence-electron chi connectivity index (χ1n) is 12.2. The molecule has 0 unspecified atom stereocenters. The number of carbonyl (C=O) groups excluding carboxylic acids is 1. The van der Waals surface area contributed by atoms with Crippen molar-refractivity contribution in [3.05, 3.63) is 60.0 Å². The third kappa shape index (κ3) is 4.42. The van der Waals surface area contributed by atoms with E-state index in [0.29, 0.717) is 37.0 Å². The number of hydrogen-bond donors (Lipinski definition) is 3. The van der Waals surface area contributed by atoms with Gasteiger partial charge in [0.1, 0.15) is 23.8 Å². The standard InChI is InChI=1S/C26H28N8O2/c1-33-7-9-34(10-8-33)23-5-2-17(13-28-23)14-30-26-31-16-21-20(15-29-24(21)32-26)18-3-4-19-22(12-18)36-11-6-27-25(19)35/h2-5,12-13,15-16H,6-11,14H2,1H3,(H,27,35)(H2,29,30,31,32). The molecule has 10 nitrogen and oxygen atoms in total. The van der Waals surface area contributed by atoms with Gasteiger partial charge < -0.3 is 30.2 Å². The molecule has 1 amide bonds. The van der Waals surface area contributed by atoms with Crippen molar-refractivity contribution in [1.29, 1.82) is 0 Å². The normalized spacial score (nSPS) is 16.2. The lowest BCUT2D eigenvalue weighted by Gasteiger charge is -2.33. The molecule has 0 aliphatic carbocycles. The van der Waals surface area contributed by atoms with Gasteiger partial charge >= 0.3 is 0 Å². The van der Waals surface area contributed by atoms with Crippen LogP contribution >= 0.6 is 0 Å². The van der Waals surface area contributed by atoms with Crippen molar-refractivity contribution in [2.24, 2.45) is 0 Å². The van der Waals surface area contributed by atoms with E-state index in [9.17, 15) is 4.79 Å². The molecule has 0 radical (unpaired) electrons. The Morgan fingerprint density at radius 2 is 1.94 bits per heavy atom. The maximum Gasteiger partial charge on any atom is 0.255 e. The van der Waals surface area contributed by atoms with E-state index >= 15 is 0 Å². The number of anilines is 2. The van der Waals surface area contributed by atoms with Gasteiger partial charge in [0.25, 0.3) is 5.91 Å². The van der Waals surface area contributed by atoms with E-state index < -0.39 is 0 Å². The van der Waals surface area contributed by atoms with Gasteiger partial charge in [-0.15, -0.1) is 0 Å². The Kier molecular flexibility index (Phi) is 5.86. The molecule has 4 aromatic rings. The number of benzene rings is 1. The van der Waals surface area contributed by atoms with E-state index in [1.807, 2.05) is 30.7 Å². The van der Waals surface area contributed by atoms with E-state index in [-0.39, 0.29) is 5.91 Å². The minimum absolute atomic E-state index is 0.115. The van der Waals surface area contributed by atoms with Gasteiger partial charge in [-0.3, -0.25) is 4.79 Å². The number of H-pyrrole nitrogens is 1. The number of fused-ring (bicyclic) bond motifs is 2. The molecule has 0 saturated carbocycles. The number of nitrogens with zero attached hydrogens (tertiary/aromatic N) is 5. The van der Waals surface area contributed by atoms with Gasteiger partial charge in [-0.05, 0) is 36.4 Å². The van der Waals surface area contributed by atoms with E-state index in [1.165, 1.54) is 0 Å². The molecule has 5 heterocycles. The minimum Gasteiger partial charge on any atom is -0.491 e. The average Bonchev–Trinajstić information content (AvgIpc) is 3.24. The monoisotopic (exact) mass is 484 g/mol. The molecule has 1 fully saturated rings. The van der Waals surface area contributed by atoms with E-state index in [2.05, 4.69) is 59.5 Å². The Morgan fingerprint density at radius 1 is 1.06 bits per heavy atom. The van der Waals surface area contributed by atoms with Gasteiger partial charge in [0.05, 0.1) is 12.1 Å². The van der Waals surface area contributed by atoms with Gasteiger partial charge in [0.15, 0.2) is 0 Å². The zero-order chi connectivity index (χ0) is 24.5. The first-order chi connectivity index (χ1) is 17.6. The fourth-order valence-corrected chi connectivity index (χ4v) is 4.57. The van der Waals surface area contributed by atoms with Crippen molar-refractivity contribution in [3.63, 3.8) is 0 Å². The second kappa shape index (κ2) is 9.46. The van der Waals surface area contributed by atoms with E-state index in [1.54, 1.807) is 6.07 Å². The molecule has 184 valence electrons. The number of hydrogen-bond acceptors (Lipinski definition) is 8. The number of aromatic amines is 1. The molecule has 3 aromatic heterocycles. The summed E-state index contributed by atoms with van der Waals surface area (Å²) in [7, 11) is 2.15. The SMILES string of the molecule is CN1CCN(c2ccc(CNc3ncc4c(-c5ccc6c(c5)OCCNC6=O)c[nH]c4n3)cn2)CC1. The zero-order valence-electron chi connectivity index (χ0n) is 20.1. The van der Waals surface area contributed by atoms with Gasteiger partial charge in [-0.2, -0.15) is 4.98 Å². The average molecular weight is 485 g/mol. The molecule has 2 aliphatic heterocycles. The van der Waals surface area contributed by atoms with Crippen LogP contribution in [-0.4, -0.2) is 77.1 Å². The van der Waals surface area contributed by atoms with Crippen molar-refractivity contribution in [2.75, 3.05) is 56.6 Å². The Bertz CT molecular complexity index is 1390. The van der Waals surface area contributed by atoms with Crippen LogP contribution in [0.15, 0.2) is 48.9 Å². The third-order valence-corrected chi connectivity index (χ3v) is 6.70. The summed E-state index contributed by atoms with van der Waals surface area (Å²) in [6.07, 6.45) is 5.62. The third-order valence-electron chi connectivity index (χ3n) is 6.70. The predicted octanol–water partition coefficient (Wildman–Crippen LogP) is 2.51. The summed E-state index contributed by atoms with van der Waals surface area (Å²) < 4.78 is 5.76. The summed E-state index contributed by atoms with van der Waals surface area (Å²) in [5, 5.41) is 7.02. The number of piperazine rings is 1. The lowest BCUT2D eigenvalue weighted by atomic mass is 10.0. The zero-order valence-corrected chi connectivity index (χ0v) is 20.1. The van der Waals surface area contributed by atoms with E-state index in [0.717, 1.165) is 59.7 Å². The molecule has 0 bridgehead atoms. The maximum absolute atomic E-state index is 12.2. The van der Waals surface area contributed by atoms with Gasteiger partial charge in [-0.25, -0.2) is 9.97 Å². The molecule has 10 heteroatoms. The van der Waals surface area contributed by atoms with Crippen LogP contribution in [0.3, 0.4) is 0 Å². The van der Waals surface area contributed by atoms with Crippen LogP contribution in [0.1, 0.15) is 15.9 Å². The Labute approximate surface area is 208 Å². The van der Waals surface area contributed by atoms with Crippen LogP contribution in [0.2, 0.25) is 0 Å². The highest BCUT2D eigenvalue weighted by Gasteiger charge is 2.18. The van der Waals surface area contributed by atoms with Crippen LogP contribution in [0.4, 0.5) is 11.8 Å². The number of amides is 1. The first kappa shape index (κ1) is 22.3. The Hall–Kier alpha value is -4.18. The lowest BCUT2D eigenvalue weighted by Crippen LogP contribution is -2.44. The summed E-state index contributed by atoms with van der Waals surface area (Å²) in [6, 6.07) is 9.79. The van der Waals surface area contributed by atoms with Crippen LogP contribution in [-0.2, 0) is 6.54 Å². The second-order valence-electron chi connectivity index (χ2n) is 9.14. The van der Waals surface area contributed by atoms with Gasteiger partial charge in [0.2, 0.25) is 5.95 Å². The topological polar surface area (TPSA) is 111 Å². The smallest absolute Gasteiger partial charge is 0.255 e. The highest BCUT2D eigenvalue weighted by atomic mass is 16.5. The molecular weight excluding hydrogens is 456 g/mol. The maximum atomic E-state index is 12.2. The number of pyridine rings is 1. The van der Waals surface area contributed by atoms with Crippen molar-refractivity contribution >= 4 is 28.7 Å². The summed E-state index contributed by atoms with van der Waals surface area (Å²) >= 11 is 0. The minimum atomic E-state index is -0.115. The fraction of sp³-hybridized carbons (Fsp3) is 0.308. The fourth-order valence-electron chi connectivity index (χ4n) is 4.57. The summed E-state index contributed by atoms with van der Waals surface area (Å²) in [6.45, 7) is 5.64. The Balaban J connectivity index is 1.15. The number of carbonyl (C=O) groups is 1. The van der Waals surface area contributed by atoms with Crippen LogP contribution in [0, 0.1) is 0 Å². The predicted molar refractivity (Wildman–Crippen MR) is 138 cm³/mol. The molecule has 2 aliphatic rings. The molecule has 0 atom stereocenters. The molecule has 1 saturated heterocycles. The van der Waals surface area contributed by atoms with Crippen molar-refractivity contribution in [3.8, 4) is 16.9 Å². The van der Waals surface area contributed by atoms with Gasteiger partial charge in [-0.1, -0.05) is 12.1 Å². The van der Waals surface area contributed by atoms with Crippen molar-refractivity contribution in [1.82, 2.24) is 30.2 Å². The molecule has 3 N–H and O–H groups in total. The molecule has 36 heavy (non-hydrogen) atoms. The lowest BCUT2D eigenvalue weighted by molar-refractivity contribution is 0.0957. The molecular formula is C26H28N8O2. The molecule has 0 spiro atoms. The largest absolute Gasteiger partial charge is 0.491 e.